The van der Waals surface area contributed by atoms with Crippen molar-refractivity contribution in [1.82, 2.24) is 15.1 Å². The highest BCUT2D eigenvalue weighted by Gasteiger charge is 2.06. The minimum Gasteiger partial charge on any atom is -0.374 e. The summed E-state index contributed by atoms with van der Waals surface area (Å²) in [4.78, 5) is 2.33. The summed E-state index contributed by atoms with van der Waals surface area (Å²) in [6.07, 6.45) is 1.17. The van der Waals surface area contributed by atoms with E-state index in [4.69, 9.17) is 5.73 Å². The standard InChI is InChI=1S/C8H16N4S/c1-3-5-12(4-2)6-7-10-11-8(9)13-7/h3-6H2,1-2H3,(H2,9,11). The maximum absolute atomic E-state index is 5.50. The number of nitrogen functional groups attached to an aromatic ring is 1. The summed E-state index contributed by atoms with van der Waals surface area (Å²) >= 11 is 1.47. The van der Waals surface area contributed by atoms with Gasteiger partial charge in [-0.15, -0.1) is 10.2 Å². The van der Waals surface area contributed by atoms with E-state index in [0.717, 1.165) is 24.6 Å². The average molecular weight is 200 g/mol. The quantitative estimate of drug-likeness (QED) is 0.779. The summed E-state index contributed by atoms with van der Waals surface area (Å²) in [6, 6.07) is 0. The third-order valence-corrected chi connectivity index (χ3v) is 2.57. The van der Waals surface area contributed by atoms with E-state index in [0.29, 0.717) is 5.13 Å². The van der Waals surface area contributed by atoms with E-state index in [1.807, 2.05) is 0 Å². The van der Waals surface area contributed by atoms with Crippen LogP contribution in [-0.4, -0.2) is 28.2 Å². The summed E-state index contributed by atoms with van der Waals surface area (Å²) < 4.78 is 0. The molecule has 0 fully saturated rings. The van der Waals surface area contributed by atoms with Crippen molar-refractivity contribution in [1.29, 1.82) is 0 Å². The minimum atomic E-state index is 0.558. The minimum absolute atomic E-state index is 0.558. The zero-order valence-electron chi connectivity index (χ0n) is 8.16. The molecule has 1 heterocycles. The van der Waals surface area contributed by atoms with Crippen LogP contribution in [0.25, 0.3) is 0 Å². The van der Waals surface area contributed by atoms with Gasteiger partial charge in [-0.3, -0.25) is 4.90 Å². The molecule has 2 N–H and O–H groups in total. The Morgan fingerprint density at radius 1 is 1.38 bits per heavy atom. The van der Waals surface area contributed by atoms with Crippen LogP contribution in [0.1, 0.15) is 25.3 Å². The van der Waals surface area contributed by atoms with Gasteiger partial charge in [-0.1, -0.05) is 25.2 Å². The first-order valence-electron chi connectivity index (χ1n) is 4.56. The second kappa shape index (κ2) is 5.14. The average Bonchev–Trinajstić information content (AvgIpc) is 2.50. The number of nitrogens with two attached hydrogens (primary N) is 1. The van der Waals surface area contributed by atoms with E-state index < -0.39 is 0 Å². The second-order valence-electron chi connectivity index (χ2n) is 2.90. The van der Waals surface area contributed by atoms with Crippen molar-refractivity contribution >= 4 is 16.5 Å². The lowest BCUT2D eigenvalue weighted by Crippen LogP contribution is -2.23. The lowest BCUT2D eigenvalue weighted by Gasteiger charge is -2.16. The van der Waals surface area contributed by atoms with Crippen molar-refractivity contribution in [2.75, 3.05) is 18.8 Å². The van der Waals surface area contributed by atoms with Gasteiger partial charge in [-0.05, 0) is 19.5 Å². The molecule has 0 aliphatic rings. The van der Waals surface area contributed by atoms with Crippen LogP contribution in [0.15, 0.2) is 0 Å². The molecule has 1 aromatic heterocycles. The number of nitrogens with zero attached hydrogens (tertiary/aromatic N) is 3. The molecule has 4 nitrogen and oxygen atoms in total. The van der Waals surface area contributed by atoms with Crippen molar-refractivity contribution in [2.45, 2.75) is 26.8 Å². The SMILES string of the molecule is CCCN(CC)Cc1nnc(N)s1. The van der Waals surface area contributed by atoms with Gasteiger partial charge in [-0.25, -0.2) is 0 Å². The van der Waals surface area contributed by atoms with Crippen molar-refractivity contribution in [3.05, 3.63) is 5.01 Å². The number of hydrogen-bond donors (Lipinski definition) is 1. The van der Waals surface area contributed by atoms with Gasteiger partial charge in [0.25, 0.3) is 0 Å². The van der Waals surface area contributed by atoms with Crippen LogP contribution < -0.4 is 5.73 Å². The molecule has 5 heteroatoms. The molecule has 1 rings (SSSR count). The normalized spacial score (nSPS) is 11.0. The van der Waals surface area contributed by atoms with Gasteiger partial charge >= 0.3 is 0 Å². The second-order valence-corrected chi connectivity index (χ2v) is 4.00. The van der Waals surface area contributed by atoms with Gasteiger partial charge in [0, 0.05) is 0 Å². The largest absolute Gasteiger partial charge is 0.374 e. The van der Waals surface area contributed by atoms with Crippen LogP contribution in [0.4, 0.5) is 5.13 Å². The first-order chi connectivity index (χ1) is 6.26. The van der Waals surface area contributed by atoms with Crippen LogP contribution in [0.3, 0.4) is 0 Å². The molecule has 0 amide bonds. The van der Waals surface area contributed by atoms with Crippen LogP contribution in [0.2, 0.25) is 0 Å². The predicted octanol–water partition coefficient (Wildman–Crippen LogP) is 1.35. The summed E-state index contributed by atoms with van der Waals surface area (Å²) in [5.74, 6) is 0. The summed E-state index contributed by atoms with van der Waals surface area (Å²) in [5, 5.41) is 9.34. The first kappa shape index (κ1) is 10.4. The van der Waals surface area contributed by atoms with E-state index in [1.165, 1.54) is 17.8 Å². The van der Waals surface area contributed by atoms with Gasteiger partial charge in [0.2, 0.25) is 5.13 Å². The van der Waals surface area contributed by atoms with Gasteiger partial charge in [0.1, 0.15) is 5.01 Å². The van der Waals surface area contributed by atoms with E-state index in [9.17, 15) is 0 Å². The summed E-state index contributed by atoms with van der Waals surface area (Å²) in [5.41, 5.74) is 5.50. The molecule has 0 aliphatic heterocycles. The molecule has 0 radical (unpaired) electrons. The molecular weight excluding hydrogens is 184 g/mol. The summed E-state index contributed by atoms with van der Waals surface area (Å²) in [6.45, 7) is 7.36. The smallest absolute Gasteiger partial charge is 0.203 e. The third-order valence-electron chi connectivity index (χ3n) is 1.83. The van der Waals surface area contributed by atoms with E-state index >= 15 is 0 Å². The van der Waals surface area contributed by atoms with Crippen LogP contribution >= 0.6 is 11.3 Å². The number of anilines is 1. The Hall–Kier alpha value is -0.680. The van der Waals surface area contributed by atoms with Gasteiger partial charge in [0.15, 0.2) is 0 Å². The highest BCUT2D eigenvalue weighted by atomic mass is 32.1. The molecule has 0 spiro atoms. The summed E-state index contributed by atoms with van der Waals surface area (Å²) in [7, 11) is 0. The fourth-order valence-corrected chi connectivity index (χ4v) is 1.84. The topological polar surface area (TPSA) is 55.0 Å². The van der Waals surface area contributed by atoms with Crippen molar-refractivity contribution in [3.63, 3.8) is 0 Å². The Bertz CT molecular complexity index is 248. The zero-order valence-corrected chi connectivity index (χ0v) is 8.97. The third kappa shape index (κ3) is 3.28. The lowest BCUT2D eigenvalue weighted by molar-refractivity contribution is 0.279. The van der Waals surface area contributed by atoms with Crippen LogP contribution in [0, 0.1) is 0 Å². The van der Waals surface area contributed by atoms with Gasteiger partial charge in [-0.2, -0.15) is 0 Å². The molecule has 0 saturated carbocycles. The van der Waals surface area contributed by atoms with E-state index in [-0.39, 0.29) is 0 Å². The van der Waals surface area contributed by atoms with Gasteiger partial charge in [0.05, 0.1) is 6.54 Å². The maximum atomic E-state index is 5.50. The van der Waals surface area contributed by atoms with Crippen molar-refractivity contribution in [3.8, 4) is 0 Å². The molecular formula is C8H16N4S. The Balaban J connectivity index is 2.46. The molecule has 0 bridgehead atoms. The number of hydrogen-bond acceptors (Lipinski definition) is 5. The van der Waals surface area contributed by atoms with Gasteiger partial charge < -0.3 is 5.73 Å². The molecule has 74 valence electrons. The Labute approximate surface area is 82.8 Å². The first-order valence-corrected chi connectivity index (χ1v) is 5.38. The van der Waals surface area contributed by atoms with Crippen molar-refractivity contribution in [2.24, 2.45) is 0 Å². The molecule has 1 aromatic rings. The molecule has 0 atom stereocenters. The molecule has 0 aliphatic carbocycles. The molecule has 13 heavy (non-hydrogen) atoms. The number of aromatic nitrogens is 2. The zero-order chi connectivity index (χ0) is 9.68. The van der Waals surface area contributed by atoms with E-state index in [2.05, 4.69) is 28.9 Å². The highest BCUT2D eigenvalue weighted by Crippen LogP contribution is 2.13. The Morgan fingerprint density at radius 2 is 2.15 bits per heavy atom. The molecule has 0 saturated heterocycles. The Kier molecular flexibility index (Phi) is 4.11. The maximum Gasteiger partial charge on any atom is 0.203 e. The van der Waals surface area contributed by atoms with Crippen molar-refractivity contribution < 1.29 is 0 Å². The van der Waals surface area contributed by atoms with E-state index in [1.54, 1.807) is 0 Å². The highest BCUT2D eigenvalue weighted by molar-refractivity contribution is 7.15. The fourth-order valence-electron chi connectivity index (χ4n) is 1.19. The Morgan fingerprint density at radius 3 is 2.62 bits per heavy atom. The molecule has 0 aromatic carbocycles. The van der Waals surface area contributed by atoms with Crippen LogP contribution in [-0.2, 0) is 6.54 Å². The van der Waals surface area contributed by atoms with Crippen LogP contribution in [0.5, 0.6) is 0 Å². The predicted molar refractivity (Wildman–Crippen MR) is 55.6 cm³/mol. The number of rotatable bonds is 5. The molecule has 0 unspecified atom stereocenters. The lowest BCUT2D eigenvalue weighted by atomic mass is 10.4. The fraction of sp³-hybridized carbons (Fsp3) is 0.750. The monoisotopic (exact) mass is 200 g/mol.